The predicted octanol–water partition coefficient (Wildman–Crippen LogP) is 3.08. The van der Waals surface area contributed by atoms with Crippen molar-refractivity contribution in [1.82, 2.24) is 4.90 Å². The lowest BCUT2D eigenvalue weighted by Gasteiger charge is -2.34. The number of hydrogen-bond donors (Lipinski definition) is 1. The highest BCUT2D eigenvalue weighted by Gasteiger charge is 2.32. The zero-order valence-electron chi connectivity index (χ0n) is 13.8. The maximum absolute atomic E-state index is 12.7. The van der Waals surface area contributed by atoms with Gasteiger partial charge in [0.1, 0.15) is 5.78 Å². The highest BCUT2D eigenvalue weighted by molar-refractivity contribution is 5.99. The van der Waals surface area contributed by atoms with Crippen LogP contribution in [0.3, 0.4) is 0 Å². The third-order valence-corrected chi connectivity index (χ3v) is 4.37. The molecule has 0 aromatic heterocycles. The molecule has 0 bridgehead atoms. The van der Waals surface area contributed by atoms with E-state index in [0.717, 1.165) is 36.2 Å². The second kappa shape index (κ2) is 7.54. The van der Waals surface area contributed by atoms with Gasteiger partial charge >= 0.3 is 0 Å². The highest BCUT2D eigenvalue weighted by Crippen LogP contribution is 2.22. The van der Waals surface area contributed by atoms with Gasteiger partial charge < -0.3 is 5.32 Å². The Morgan fingerprint density at radius 3 is 2.64 bits per heavy atom. The zero-order chi connectivity index (χ0) is 16.1. The van der Waals surface area contributed by atoms with Gasteiger partial charge in [-0.25, -0.2) is 0 Å². The molecule has 2 rings (SSSR count). The number of aryl methyl sites for hydroxylation is 2. The third kappa shape index (κ3) is 3.95. The molecule has 1 N–H and O–H groups in total. The highest BCUT2D eigenvalue weighted by atomic mass is 16.2. The van der Waals surface area contributed by atoms with Crippen molar-refractivity contribution in [3.05, 3.63) is 29.3 Å². The Kier molecular flexibility index (Phi) is 5.72. The molecule has 1 fully saturated rings. The fourth-order valence-corrected chi connectivity index (χ4v) is 2.98. The molecule has 4 nitrogen and oxygen atoms in total. The number of rotatable bonds is 5. The minimum Gasteiger partial charge on any atom is -0.324 e. The number of amides is 1. The molecule has 22 heavy (non-hydrogen) atoms. The quantitative estimate of drug-likeness (QED) is 0.909. The Morgan fingerprint density at radius 1 is 1.32 bits per heavy atom. The number of benzene rings is 1. The second-order valence-electron chi connectivity index (χ2n) is 6.15. The lowest BCUT2D eigenvalue weighted by Crippen LogP contribution is -2.49. The minimum atomic E-state index is -0.327. The average molecular weight is 302 g/mol. The lowest BCUT2D eigenvalue weighted by atomic mass is 9.99. The van der Waals surface area contributed by atoms with E-state index < -0.39 is 0 Å². The largest absolute Gasteiger partial charge is 0.324 e. The maximum Gasteiger partial charge on any atom is 0.242 e. The Labute approximate surface area is 132 Å². The number of anilines is 1. The number of carbonyl (C=O) groups is 2. The number of piperidine rings is 1. The first kappa shape index (κ1) is 16.7. The van der Waals surface area contributed by atoms with E-state index >= 15 is 0 Å². The number of likely N-dealkylation sites (tertiary alicyclic amines) is 1. The third-order valence-electron chi connectivity index (χ3n) is 4.37. The Morgan fingerprint density at radius 2 is 2.00 bits per heavy atom. The van der Waals surface area contributed by atoms with Crippen LogP contribution in [0.15, 0.2) is 18.2 Å². The number of ketones is 1. The van der Waals surface area contributed by atoms with Crippen LogP contribution in [0.5, 0.6) is 0 Å². The summed E-state index contributed by atoms with van der Waals surface area (Å²) in [6, 6.07) is 5.64. The minimum absolute atomic E-state index is 0.0541. The van der Waals surface area contributed by atoms with Crippen LogP contribution < -0.4 is 5.32 Å². The predicted molar refractivity (Wildman–Crippen MR) is 89.1 cm³/mol. The summed E-state index contributed by atoms with van der Waals surface area (Å²) in [5, 5.41) is 3.04. The van der Waals surface area contributed by atoms with E-state index in [4.69, 9.17) is 0 Å². The monoisotopic (exact) mass is 302 g/mol. The number of para-hydroxylation sites is 1. The van der Waals surface area contributed by atoms with Crippen LogP contribution in [0.2, 0.25) is 0 Å². The molecule has 1 aliphatic rings. The normalized spacial score (nSPS) is 19.2. The Bertz CT molecular complexity index is 534. The van der Waals surface area contributed by atoms with Gasteiger partial charge in [-0.3, -0.25) is 14.5 Å². The summed E-state index contributed by atoms with van der Waals surface area (Å²) in [6.45, 7) is 7.70. The summed E-state index contributed by atoms with van der Waals surface area (Å²) in [5.74, 6) is 0.135. The van der Waals surface area contributed by atoms with E-state index in [1.165, 1.54) is 0 Å². The maximum atomic E-state index is 12.7. The van der Waals surface area contributed by atoms with Crippen molar-refractivity contribution in [2.45, 2.75) is 52.5 Å². The van der Waals surface area contributed by atoms with Crippen LogP contribution in [0.4, 0.5) is 5.69 Å². The van der Waals surface area contributed by atoms with Gasteiger partial charge in [0, 0.05) is 25.1 Å². The summed E-state index contributed by atoms with van der Waals surface area (Å²) < 4.78 is 0. The molecule has 120 valence electrons. The molecule has 1 heterocycles. The van der Waals surface area contributed by atoms with Crippen LogP contribution in [0.25, 0.3) is 0 Å². The number of carbonyl (C=O) groups excluding carboxylic acids is 2. The van der Waals surface area contributed by atoms with Crippen LogP contribution in [-0.2, 0) is 9.59 Å². The van der Waals surface area contributed by atoms with Crippen molar-refractivity contribution >= 4 is 17.4 Å². The molecule has 1 atom stereocenters. The van der Waals surface area contributed by atoms with Crippen molar-refractivity contribution in [3.8, 4) is 0 Å². The Balaban J connectivity index is 2.12. The summed E-state index contributed by atoms with van der Waals surface area (Å²) >= 11 is 0. The SMILES string of the molecule is CCCCN1CCC(=O)CC1C(=O)Nc1c(C)cccc1C. The van der Waals surface area contributed by atoms with E-state index in [1.54, 1.807) is 0 Å². The average Bonchev–Trinajstić information content (AvgIpc) is 2.49. The smallest absolute Gasteiger partial charge is 0.242 e. The number of nitrogens with one attached hydrogen (secondary N) is 1. The number of hydrogen-bond acceptors (Lipinski definition) is 3. The van der Waals surface area contributed by atoms with Gasteiger partial charge in [0.15, 0.2) is 0 Å². The van der Waals surface area contributed by atoms with Crippen LogP contribution >= 0.6 is 0 Å². The molecular formula is C18H26N2O2. The molecule has 1 amide bonds. The first-order valence-electron chi connectivity index (χ1n) is 8.15. The van der Waals surface area contributed by atoms with Crippen molar-refractivity contribution in [1.29, 1.82) is 0 Å². The number of nitrogens with zero attached hydrogens (tertiary/aromatic N) is 1. The van der Waals surface area contributed by atoms with Crippen molar-refractivity contribution in [3.63, 3.8) is 0 Å². The van der Waals surface area contributed by atoms with Gasteiger partial charge in [-0.1, -0.05) is 31.5 Å². The summed E-state index contributed by atoms with van der Waals surface area (Å²) in [6.07, 6.45) is 3.05. The van der Waals surface area contributed by atoms with Gasteiger partial charge in [0.2, 0.25) is 5.91 Å². The molecule has 1 saturated heterocycles. The summed E-state index contributed by atoms with van der Waals surface area (Å²) in [4.78, 5) is 26.6. The van der Waals surface area contributed by atoms with Crippen LogP contribution in [0, 0.1) is 13.8 Å². The van der Waals surface area contributed by atoms with E-state index in [1.807, 2.05) is 32.0 Å². The Hall–Kier alpha value is -1.68. The first-order valence-corrected chi connectivity index (χ1v) is 8.15. The molecular weight excluding hydrogens is 276 g/mol. The van der Waals surface area contributed by atoms with Gasteiger partial charge in [0.05, 0.1) is 6.04 Å². The van der Waals surface area contributed by atoms with E-state index in [9.17, 15) is 9.59 Å². The molecule has 0 spiro atoms. The molecule has 1 aromatic carbocycles. The standard InChI is InChI=1S/C18H26N2O2/c1-4-5-10-20-11-9-15(21)12-16(20)18(22)19-17-13(2)7-6-8-14(17)3/h6-8,16H,4-5,9-12H2,1-3H3,(H,19,22). The van der Waals surface area contributed by atoms with Crippen molar-refractivity contribution in [2.75, 3.05) is 18.4 Å². The zero-order valence-corrected chi connectivity index (χ0v) is 13.8. The van der Waals surface area contributed by atoms with Crippen molar-refractivity contribution < 1.29 is 9.59 Å². The van der Waals surface area contributed by atoms with Gasteiger partial charge in [-0.2, -0.15) is 0 Å². The second-order valence-corrected chi connectivity index (χ2v) is 6.15. The molecule has 1 aliphatic heterocycles. The topological polar surface area (TPSA) is 49.4 Å². The summed E-state index contributed by atoms with van der Waals surface area (Å²) in [5.41, 5.74) is 2.98. The number of Topliss-reactive ketones (excluding diaryl/α,β-unsaturated/α-hetero) is 1. The van der Waals surface area contributed by atoms with Crippen molar-refractivity contribution in [2.24, 2.45) is 0 Å². The van der Waals surface area contributed by atoms with Gasteiger partial charge in [-0.05, 0) is 37.9 Å². The lowest BCUT2D eigenvalue weighted by molar-refractivity contribution is -0.131. The summed E-state index contributed by atoms with van der Waals surface area (Å²) in [7, 11) is 0. The molecule has 1 aromatic rings. The van der Waals surface area contributed by atoms with Gasteiger partial charge in [0.25, 0.3) is 0 Å². The fraction of sp³-hybridized carbons (Fsp3) is 0.556. The van der Waals surface area contributed by atoms with Gasteiger partial charge in [-0.15, -0.1) is 0 Å². The molecule has 4 heteroatoms. The van der Waals surface area contributed by atoms with E-state index in [0.29, 0.717) is 19.4 Å². The molecule has 0 saturated carbocycles. The molecule has 0 radical (unpaired) electrons. The molecule has 1 unspecified atom stereocenters. The van der Waals surface area contributed by atoms with E-state index in [-0.39, 0.29) is 17.7 Å². The van der Waals surface area contributed by atoms with Crippen LogP contribution in [0.1, 0.15) is 43.7 Å². The van der Waals surface area contributed by atoms with Crippen LogP contribution in [-0.4, -0.2) is 35.7 Å². The first-order chi connectivity index (χ1) is 10.5. The number of unbranched alkanes of at least 4 members (excludes halogenated alkanes) is 1. The fourth-order valence-electron chi connectivity index (χ4n) is 2.98. The van der Waals surface area contributed by atoms with E-state index in [2.05, 4.69) is 17.1 Å². The molecule has 0 aliphatic carbocycles.